The molecule has 0 saturated carbocycles. The van der Waals surface area contributed by atoms with Crippen LogP contribution in [0.1, 0.15) is 43.7 Å². The van der Waals surface area contributed by atoms with Gasteiger partial charge in [-0.05, 0) is 36.8 Å². The van der Waals surface area contributed by atoms with Crippen molar-refractivity contribution in [3.8, 4) is 0 Å². The first-order chi connectivity index (χ1) is 7.52. The zero-order valence-electron chi connectivity index (χ0n) is 10.2. The van der Waals surface area contributed by atoms with Gasteiger partial charge >= 0.3 is 5.97 Å². The van der Waals surface area contributed by atoms with Crippen molar-refractivity contribution in [3.05, 3.63) is 35.4 Å². The van der Waals surface area contributed by atoms with Crippen molar-refractivity contribution in [2.45, 2.75) is 39.5 Å². The molecule has 16 heavy (non-hydrogen) atoms. The third kappa shape index (κ3) is 3.37. The van der Waals surface area contributed by atoms with E-state index in [-0.39, 0.29) is 5.92 Å². The van der Waals surface area contributed by atoms with Gasteiger partial charge in [-0.3, -0.25) is 4.79 Å². The Morgan fingerprint density at radius 1 is 1.25 bits per heavy atom. The second-order valence-corrected chi connectivity index (χ2v) is 4.72. The summed E-state index contributed by atoms with van der Waals surface area (Å²) in [5, 5.41) is 9.26. The van der Waals surface area contributed by atoms with Crippen molar-refractivity contribution in [1.29, 1.82) is 0 Å². The smallest absolute Gasteiger partial charge is 0.310 e. The highest BCUT2D eigenvalue weighted by molar-refractivity contribution is 5.76. The van der Waals surface area contributed by atoms with Crippen LogP contribution in [-0.2, 0) is 4.79 Å². The fourth-order valence-electron chi connectivity index (χ4n) is 1.89. The van der Waals surface area contributed by atoms with Crippen LogP contribution in [0.25, 0.3) is 0 Å². The highest BCUT2D eigenvalue weighted by Crippen LogP contribution is 2.26. The molecule has 2 nitrogen and oxygen atoms in total. The number of carboxylic acids is 1. The van der Waals surface area contributed by atoms with Gasteiger partial charge in [-0.1, -0.05) is 38.1 Å². The maximum absolute atomic E-state index is 11.3. The van der Waals surface area contributed by atoms with Crippen molar-refractivity contribution < 1.29 is 9.90 Å². The highest BCUT2D eigenvalue weighted by Gasteiger charge is 2.21. The van der Waals surface area contributed by atoms with Crippen LogP contribution in [0.2, 0.25) is 0 Å². The first-order valence-electron chi connectivity index (χ1n) is 5.80. The van der Waals surface area contributed by atoms with E-state index >= 15 is 0 Å². The lowest BCUT2D eigenvalue weighted by Crippen LogP contribution is -2.13. The molecule has 88 valence electrons. The van der Waals surface area contributed by atoms with Crippen molar-refractivity contribution in [2.24, 2.45) is 5.92 Å². The summed E-state index contributed by atoms with van der Waals surface area (Å²) in [6, 6.07) is 7.75. The number of benzene rings is 1. The molecule has 0 radical (unpaired) electrons. The van der Waals surface area contributed by atoms with Gasteiger partial charge in [0.1, 0.15) is 0 Å². The van der Waals surface area contributed by atoms with Crippen molar-refractivity contribution in [1.82, 2.24) is 0 Å². The highest BCUT2D eigenvalue weighted by atomic mass is 16.4. The number of hydrogen-bond donors (Lipinski definition) is 1. The average molecular weight is 220 g/mol. The molecule has 0 aliphatic heterocycles. The van der Waals surface area contributed by atoms with E-state index < -0.39 is 5.97 Å². The van der Waals surface area contributed by atoms with Gasteiger partial charge in [-0.15, -0.1) is 0 Å². The Balaban J connectivity index is 2.86. The molecule has 0 aromatic heterocycles. The van der Waals surface area contributed by atoms with E-state index in [9.17, 15) is 9.90 Å². The molecule has 0 fully saturated rings. The maximum atomic E-state index is 11.3. The van der Waals surface area contributed by atoms with Gasteiger partial charge in [0.05, 0.1) is 5.92 Å². The van der Waals surface area contributed by atoms with Gasteiger partial charge in [0.25, 0.3) is 0 Å². The van der Waals surface area contributed by atoms with Crippen LogP contribution >= 0.6 is 0 Å². The molecule has 1 aromatic rings. The zero-order chi connectivity index (χ0) is 12.1. The Morgan fingerprint density at radius 2 is 1.88 bits per heavy atom. The lowest BCUT2D eigenvalue weighted by atomic mass is 9.89. The number of rotatable bonds is 5. The van der Waals surface area contributed by atoms with Gasteiger partial charge in [-0.25, -0.2) is 0 Å². The second kappa shape index (κ2) is 5.69. The molecule has 1 N–H and O–H groups in total. The summed E-state index contributed by atoms with van der Waals surface area (Å²) in [5.74, 6) is -0.524. The molecule has 1 rings (SSSR count). The van der Waals surface area contributed by atoms with E-state index in [1.807, 2.05) is 31.2 Å². The molecule has 0 aliphatic carbocycles. The molecule has 1 aromatic carbocycles. The third-order valence-corrected chi connectivity index (χ3v) is 2.89. The fourth-order valence-corrected chi connectivity index (χ4v) is 1.89. The molecule has 0 aliphatic rings. The lowest BCUT2D eigenvalue weighted by Gasteiger charge is -2.16. The second-order valence-electron chi connectivity index (χ2n) is 4.72. The van der Waals surface area contributed by atoms with E-state index in [0.29, 0.717) is 5.92 Å². The maximum Gasteiger partial charge on any atom is 0.310 e. The minimum absolute atomic E-state index is 0.358. The summed E-state index contributed by atoms with van der Waals surface area (Å²) in [5.41, 5.74) is 2.02. The topological polar surface area (TPSA) is 37.3 Å². The molecular weight excluding hydrogens is 200 g/mol. The Labute approximate surface area is 97.3 Å². The Morgan fingerprint density at radius 3 is 2.38 bits per heavy atom. The van der Waals surface area contributed by atoms with Crippen LogP contribution in [0, 0.1) is 12.8 Å². The lowest BCUT2D eigenvalue weighted by molar-refractivity contribution is -0.139. The Kier molecular flexibility index (Phi) is 4.53. The van der Waals surface area contributed by atoms with Crippen LogP contribution in [0.4, 0.5) is 0 Å². The minimum Gasteiger partial charge on any atom is -0.481 e. The molecule has 2 heteroatoms. The fraction of sp³-hybridized carbons (Fsp3) is 0.500. The van der Waals surface area contributed by atoms with E-state index in [4.69, 9.17) is 0 Å². The molecule has 0 amide bonds. The van der Waals surface area contributed by atoms with Crippen LogP contribution < -0.4 is 0 Å². The number of carbonyl (C=O) groups is 1. The quantitative estimate of drug-likeness (QED) is 0.823. The minimum atomic E-state index is -0.713. The summed E-state index contributed by atoms with van der Waals surface area (Å²) in [7, 11) is 0. The van der Waals surface area contributed by atoms with Crippen LogP contribution in [0.3, 0.4) is 0 Å². The summed E-state index contributed by atoms with van der Waals surface area (Å²) in [6.45, 7) is 6.22. The summed E-state index contributed by atoms with van der Waals surface area (Å²) in [6.07, 6.45) is 1.67. The van der Waals surface area contributed by atoms with E-state index in [1.165, 1.54) is 0 Å². The van der Waals surface area contributed by atoms with Gasteiger partial charge in [0.15, 0.2) is 0 Å². The SMILES string of the molecule is Cc1ccccc1[C@@H](CCC(C)C)C(=O)O. The Hall–Kier alpha value is -1.31. The van der Waals surface area contributed by atoms with Crippen LogP contribution in [0.15, 0.2) is 24.3 Å². The molecule has 0 bridgehead atoms. The number of aryl methyl sites for hydroxylation is 1. The van der Waals surface area contributed by atoms with Crippen molar-refractivity contribution in [3.63, 3.8) is 0 Å². The van der Waals surface area contributed by atoms with E-state index in [2.05, 4.69) is 13.8 Å². The average Bonchev–Trinajstić information content (AvgIpc) is 2.20. The molecular formula is C14H20O2. The van der Waals surface area contributed by atoms with Gasteiger partial charge in [-0.2, -0.15) is 0 Å². The predicted molar refractivity (Wildman–Crippen MR) is 65.6 cm³/mol. The molecule has 1 atom stereocenters. The number of aliphatic carboxylic acids is 1. The molecule has 0 saturated heterocycles. The summed E-state index contributed by atoms with van der Waals surface area (Å²) >= 11 is 0. The number of carboxylic acid groups (broad SMARTS) is 1. The van der Waals surface area contributed by atoms with Gasteiger partial charge < -0.3 is 5.11 Å². The third-order valence-electron chi connectivity index (χ3n) is 2.89. The molecule has 0 unspecified atom stereocenters. The molecule has 0 spiro atoms. The van der Waals surface area contributed by atoms with Crippen molar-refractivity contribution in [2.75, 3.05) is 0 Å². The normalized spacial score (nSPS) is 12.8. The van der Waals surface area contributed by atoms with Gasteiger partial charge in [0.2, 0.25) is 0 Å². The first-order valence-corrected chi connectivity index (χ1v) is 5.80. The van der Waals surface area contributed by atoms with Crippen LogP contribution in [0.5, 0.6) is 0 Å². The summed E-state index contributed by atoms with van der Waals surface area (Å²) < 4.78 is 0. The monoisotopic (exact) mass is 220 g/mol. The van der Waals surface area contributed by atoms with E-state index in [0.717, 1.165) is 24.0 Å². The Bertz CT molecular complexity index is 356. The molecule has 0 heterocycles. The first kappa shape index (κ1) is 12.8. The standard InChI is InChI=1S/C14H20O2/c1-10(2)8-9-13(14(15)16)12-7-5-4-6-11(12)3/h4-7,10,13H,8-9H2,1-3H3,(H,15,16)/t13-/m1/s1. The van der Waals surface area contributed by atoms with E-state index in [1.54, 1.807) is 0 Å². The van der Waals surface area contributed by atoms with Crippen molar-refractivity contribution >= 4 is 5.97 Å². The largest absolute Gasteiger partial charge is 0.481 e. The van der Waals surface area contributed by atoms with Gasteiger partial charge in [0, 0.05) is 0 Å². The summed E-state index contributed by atoms with van der Waals surface area (Å²) in [4.78, 5) is 11.3. The number of hydrogen-bond acceptors (Lipinski definition) is 1. The predicted octanol–water partition coefficient (Wildman–Crippen LogP) is 3.60. The zero-order valence-corrected chi connectivity index (χ0v) is 10.2. The van der Waals surface area contributed by atoms with Crippen LogP contribution in [-0.4, -0.2) is 11.1 Å².